The van der Waals surface area contributed by atoms with E-state index in [-0.39, 0.29) is 0 Å². The first-order valence-electron chi connectivity index (χ1n) is 5.64. The van der Waals surface area contributed by atoms with Crippen molar-refractivity contribution in [3.8, 4) is 0 Å². The van der Waals surface area contributed by atoms with Crippen LogP contribution in [0, 0.1) is 6.92 Å². The van der Waals surface area contributed by atoms with Crippen LogP contribution in [0.1, 0.15) is 30.1 Å². The number of thiazole rings is 1. The molecule has 0 bridgehead atoms. The number of hydrogen-bond donors (Lipinski definition) is 1. The topological polar surface area (TPSA) is 28.2 Å². The summed E-state index contributed by atoms with van der Waals surface area (Å²) in [5.74, 6) is 0. The van der Waals surface area contributed by atoms with E-state index in [0.29, 0.717) is 6.04 Å². The second-order valence-corrected chi connectivity index (χ2v) is 5.17. The van der Waals surface area contributed by atoms with Gasteiger partial charge in [-0.05, 0) is 26.8 Å². The van der Waals surface area contributed by atoms with E-state index in [1.807, 2.05) is 0 Å². The highest BCUT2D eigenvalue weighted by atomic mass is 32.1. The van der Waals surface area contributed by atoms with E-state index < -0.39 is 0 Å². The molecule has 2 rings (SSSR count). The maximum atomic E-state index is 4.57. The van der Waals surface area contributed by atoms with Crippen molar-refractivity contribution in [1.82, 2.24) is 15.2 Å². The number of nitrogens with one attached hydrogen (secondary N) is 1. The largest absolute Gasteiger partial charge is 0.315 e. The molecule has 0 aliphatic carbocycles. The van der Waals surface area contributed by atoms with Crippen molar-refractivity contribution < 1.29 is 0 Å². The number of hydrogen-bond acceptors (Lipinski definition) is 4. The van der Waals surface area contributed by atoms with E-state index >= 15 is 0 Å². The van der Waals surface area contributed by atoms with E-state index in [1.165, 1.54) is 23.7 Å². The Labute approximate surface area is 95.5 Å². The fraction of sp³-hybridized carbons (Fsp3) is 0.727. The summed E-state index contributed by atoms with van der Waals surface area (Å²) in [5, 5.41) is 6.79. The van der Waals surface area contributed by atoms with Crippen LogP contribution in [-0.2, 0) is 0 Å². The lowest BCUT2D eigenvalue weighted by Crippen LogP contribution is -2.30. The highest BCUT2D eigenvalue weighted by molar-refractivity contribution is 7.09. The molecule has 1 unspecified atom stereocenters. The van der Waals surface area contributed by atoms with E-state index in [2.05, 4.69) is 34.4 Å². The monoisotopic (exact) mass is 225 g/mol. The summed E-state index contributed by atoms with van der Waals surface area (Å²) in [5.41, 5.74) is 1.24. The van der Waals surface area contributed by atoms with Crippen molar-refractivity contribution in [1.29, 1.82) is 0 Å². The van der Waals surface area contributed by atoms with Gasteiger partial charge in [0.05, 0.1) is 16.7 Å². The Morgan fingerprint density at radius 3 is 3.07 bits per heavy atom. The summed E-state index contributed by atoms with van der Waals surface area (Å²) in [6.07, 6.45) is 1.24. The van der Waals surface area contributed by atoms with Gasteiger partial charge >= 0.3 is 0 Å². The minimum atomic E-state index is 0.467. The van der Waals surface area contributed by atoms with Crippen molar-refractivity contribution in [2.24, 2.45) is 0 Å². The molecule has 1 aromatic rings. The zero-order valence-corrected chi connectivity index (χ0v) is 10.3. The molecular weight excluding hydrogens is 206 g/mol. The second kappa shape index (κ2) is 5.05. The molecule has 1 fully saturated rings. The van der Waals surface area contributed by atoms with E-state index in [0.717, 1.165) is 19.6 Å². The van der Waals surface area contributed by atoms with Gasteiger partial charge in [0.1, 0.15) is 0 Å². The van der Waals surface area contributed by atoms with Crippen LogP contribution in [0.15, 0.2) is 5.38 Å². The molecule has 1 aliphatic heterocycles. The first-order chi connectivity index (χ1) is 7.27. The maximum absolute atomic E-state index is 4.57. The Kier molecular flexibility index (Phi) is 3.72. The predicted octanol–water partition coefficient (Wildman–Crippen LogP) is 1.81. The molecule has 2 heterocycles. The van der Waals surface area contributed by atoms with Gasteiger partial charge in [0.15, 0.2) is 0 Å². The maximum Gasteiger partial charge on any atom is 0.0898 e. The summed E-state index contributed by atoms with van der Waals surface area (Å²) in [6.45, 7) is 8.92. The molecule has 15 heavy (non-hydrogen) atoms. The minimum Gasteiger partial charge on any atom is -0.315 e. The van der Waals surface area contributed by atoms with Gasteiger partial charge in [0.25, 0.3) is 0 Å². The van der Waals surface area contributed by atoms with Crippen LogP contribution in [-0.4, -0.2) is 36.1 Å². The Hall–Kier alpha value is -0.450. The molecule has 1 saturated heterocycles. The molecule has 0 saturated carbocycles. The second-order valence-electron chi connectivity index (χ2n) is 4.11. The van der Waals surface area contributed by atoms with Crippen LogP contribution in [0.5, 0.6) is 0 Å². The molecule has 1 aliphatic rings. The van der Waals surface area contributed by atoms with Gasteiger partial charge in [-0.25, -0.2) is 4.98 Å². The molecular formula is C11H19N3S. The number of aromatic nitrogens is 1. The molecule has 3 nitrogen and oxygen atoms in total. The average molecular weight is 225 g/mol. The van der Waals surface area contributed by atoms with Crippen LogP contribution in [0.25, 0.3) is 0 Å². The molecule has 84 valence electrons. The first kappa shape index (κ1) is 11.0. The number of aryl methyl sites for hydroxylation is 1. The molecule has 1 atom stereocenters. The van der Waals surface area contributed by atoms with Crippen molar-refractivity contribution in [2.75, 3.05) is 26.2 Å². The Morgan fingerprint density at radius 2 is 2.33 bits per heavy atom. The highest BCUT2D eigenvalue weighted by Crippen LogP contribution is 2.22. The summed E-state index contributed by atoms with van der Waals surface area (Å²) < 4.78 is 0. The number of rotatable bonds is 2. The van der Waals surface area contributed by atoms with Crippen LogP contribution < -0.4 is 5.32 Å². The van der Waals surface area contributed by atoms with Crippen LogP contribution in [0.4, 0.5) is 0 Å². The third-order valence-electron chi connectivity index (χ3n) is 2.99. The molecule has 4 heteroatoms. The zero-order chi connectivity index (χ0) is 10.7. The molecule has 0 spiro atoms. The van der Waals surface area contributed by atoms with Gasteiger partial charge in [-0.2, -0.15) is 0 Å². The summed E-state index contributed by atoms with van der Waals surface area (Å²) >= 11 is 1.75. The molecule has 0 radical (unpaired) electrons. The lowest BCUT2D eigenvalue weighted by molar-refractivity contribution is 0.222. The number of nitrogens with zero attached hydrogens (tertiary/aromatic N) is 2. The van der Waals surface area contributed by atoms with Gasteiger partial charge in [-0.1, -0.05) is 0 Å². The third-order valence-corrected chi connectivity index (χ3v) is 3.78. The summed E-state index contributed by atoms with van der Waals surface area (Å²) in [6, 6.07) is 0.467. The normalized spacial score (nSPS) is 21.2. The Bertz CT molecular complexity index is 303. The fourth-order valence-electron chi connectivity index (χ4n) is 2.01. The lowest BCUT2D eigenvalue weighted by Gasteiger charge is -2.25. The summed E-state index contributed by atoms with van der Waals surface area (Å²) in [4.78, 5) is 7.10. The Balaban J connectivity index is 2.02. The molecule has 0 aromatic carbocycles. The zero-order valence-electron chi connectivity index (χ0n) is 9.49. The van der Waals surface area contributed by atoms with Crippen molar-refractivity contribution >= 4 is 11.3 Å². The predicted molar refractivity (Wildman–Crippen MR) is 64.3 cm³/mol. The van der Waals surface area contributed by atoms with Gasteiger partial charge in [0, 0.05) is 25.0 Å². The minimum absolute atomic E-state index is 0.467. The Morgan fingerprint density at radius 1 is 1.47 bits per heavy atom. The molecule has 1 aromatic heterocycles. The highest BCUT2D eigenvalue weighted by Gasteiger charge is 2.18. The van der Waals surface area contributed by atoms with Crippen molar-refractivity contribution in [3.05, 3.63) is 16.1 Å². The van der Waals surface area contributed by atoms with Crippen LogP contribution >= 0.6 is 11.3 Å². The van der Waals surface area contributed by atoms with Gasteiger partial charge < -0.3 is 5.32 Å². The summed E-state index contributed by atoms with van der Waals surface area (Å²) in [7, 11) is 0. The van der Waals surface area contributed by atoms with Gasteiger partial charge in [-0.15, -0.1) is 11.3 Å². The van der Waals surface area contributed by atoms with Gasteiger partial charge in [0.2, 0.25) is 0 Å². The van der Waals surface area contributed by atoms with Gasteiger partial charge in [-0.3, -0.25) is 4.90 Å². The van der Waals surface area contributed by atoms with Crippen LogP contribution in [0.3, 0.4) is 0 Å². The van der Waals surface area contributed by atoms with E-state index in [9.17, 15) is 0 Å². The third kappa shape index (κ3) is 2.77. The van der Waals surface area contributed by atoms with E-state index in [1.54, 1.807) is 11.3 Å². The standard InChI is InChI=1S/C11H19N3S/c1-9(11-8-15-10(2)13-11)14-6-3-4-12-5-7-14/h8-9,12H,3-7H2,1-2H3. The van der Waals surface area contributed by atoms with E-state index in [4.69, 9.17) is 0 Å². The molecule has 1 N–H and O–H groups in total. The SMILES string of the molecule is Cc1nc(C(C)N2CCCNCC2)cs1. The van der Waals surface area contributed by atoms with Crippen molar-refractivity contribution in [2.45, 2.75) is 26.3 Å². The fourth-order valence-corrected chi connectivity index (χ4v) is 2.71. The smallest absolute Gasteiger partial charge is 0.0898 e. The molecule has 0 amide bonds. The average Bonchev–Trinajstić information content (AvgIpc) is 2.53. The lowest BCUT2D eigenvalue weighted by atomic mass is 10.2. The van der Waals surface area contributed by atoms with Crippen molar-refractivity contribution in [3.63, 3.8) is 0 Å². The van der Waals surface area contributed by atoms with Crippen LogP contribution in [0.2, 0.25) is 0 Å². The quantitative estimate of drug-likeness (QED) is 0.832. The first-order valence-corrected chi connectivity index (χ1v) is 6.52.